The summed E-state index contributed by atoms with van der Waals surface area (Å²) in [6.45, 7) is 1.15. The van der Waals surface area contributed by atoms with E-state index < -0.39 is 21.5 Å². The van der Waals surface area contributed by atoms with Gasteiger partial charge in [-0.2, -0.15) is 13.2 Å². The molecule has 0 spiro atoms. The summed E-state index contributed by atoms with van der Waals surface area (Å²) in [4.78, 5) is 0. The van der Waals surface area contributed by atoms with E-state index in [1.165, 1.54) is 7.11 Å². The molecule has 0 aliphatic rings. The largest absolute Gasteiger partial charge is 0.427 e. The lowest BCUT2D eigenvalue weighted by atomic mass is 10.5. The maximum absolute atomic E-state index is 11.6. The minimum atomic E-state index is -4.05. The van der Waals surface area contributed by atoms with E-state index in [0.29, 0.717) is 0 Å². The fourth-order valence-electron chi connectivity index (χ4n) is 0.344. The SMILES string of the molecule is CO[SiH2]C(C)C(F)(F)F. The Bertz CT molecular complexity index is 82.4. The van der Waals surface area contributed by atoms with E-state index in [0.717, 1.165) is 6.92 Å². The second kappa shape index (κ2) is 3.22. The molecule has 0 aliphatic heterocycles. The summed E-state index contributed by atoms with van der Waals surface area (Å²) in [6, 6.07) is 0. The lowest BCUT2D eigenvalue weighted by Crippen LogP contribution is -2.20. The van der Waals surface area contributed by atoms with Gasteiger partial charge in [-0.25, -0.2) is 0 Å². The molecule has 1 atom stereocenters. The summed E-state index contributed by atoms with van der Waals surface area (Å²) in [5.41, 5.74) is -1.22. The summed E-state index contributed by atoms with van der Waals surface area (Å²) in [5.74, 6) is 0. The third-order valence-electron chi connectivity index (χ3n) is 0.975. The van der Waals surface area contributed by atoms with Crippen LogP contribution in [0.4, 0.5) is 13.2 Å². The lowest BCUT2D eigenvalue weighted by Gasteiger charge is -2.12. The van der Waals surface area contributed by atoms with Crippen LogP contribution in [0.2, 0.25) is 5.54 Å². The second-order valence-corrected chi connectivity index (χ2v) is 4.03. The van der Waals surface area contributed by atoms with Crippen molar-refractivity contribution in [1.82, 2.24) is 0 Å². The van der Waals surface area contributed by atoms with Crippen molar-refractivity contribution in [2.75, 3.05) is 7.11 Å². The minimum Gasteiger partial charge on any atom is -0.427 e. The van der Waals surface area contributed by atoms with Gasteiger partial charge in [0.05, 0.1) is 5.54 Å². The minimum absolute atomic E-state index is 1.15. The fourth-order valence-corrected chi connectivity index (χ4v) is 1.03. The Hall–Kier alpha value is -0.0331. The fraction of sp³-hybridized carbons (Fsp3) is 1.00. The molecule has 0 N–H and O–H groups in total. The summed E-state index contributed by atoms with van der Waals surface area (Å²) >= 11 is 0. The molecule has 0 bridgehead atoms. The second-order valence-electron chi connectivity index (χ2n) is 1.90. The highest BCUT2D eigenvalue weighted by atomic mass is 28.2. The van der Waals surface area contributed by atoms with Crippen LogP contribution in [0.15, 0.2) is 0 Å². The number of hydrogen-bond acceptors (Lipinski definition) is 1. The van der Waals surface area contributed by atoms with Gasteiger partial charge in [-0.15, -0.1) is 0 Å². The topological polar surface area (TPSA) is 9.23 Å². The van der Waals surface area contributed by atoms with Gasteiger partial charge in [-0.3, -0.25) is 0 Å². The van der Waals surface area contributed by atoms with Gasteiger partial charge in [0, 0.05) is 7.11 Å². The zero-order chi connectivity index (χ0) is 7.49. The Morgan fingerprint density at radius 1 is 1.44 bits per heavy atom. The smallest absolute Gasteiger partial charge is 0.390 e. The van der Waals surface area contributed by atoms with Crippen LogP contribution >= 0.6 is 0 Å². The normalized spacial score (nSPS) is 17.0. The van der Waals surface area contributed by atoms with Crippen molar-refractivity contribution in [3.05, 3.63) is 0 Å². The monoisotopic (exact) mass is 158 g/mol. The van der Waals surface area contributed by atoms with Crippen LogP contribution in [0.25, 0.3) is 0 Å². The van der Waals surface area contributed by atoms with Crippen molar-refractivity contribution in [3.8, 4) is 0 Å². The van der Waals surface area contributed by atoms with Crippen LogP contribution in [0.3, 0.4) is 0 Å². The third kappa shape index (κ3) is 3.53. The van der Waals surface area contributed by atoms with Crippen LogP contribution in [0.5, 0.6) is 0 Å². The van der Waals surface area contributed by atoms with E-state index in [4.69, 9.17) is 0 Å². The zero-order valence-corrected chi connectivity index (χ0v) is 6.74. The Balaban J connectivity index is 3.59. The standard InChI is InChI=1S/C4H9F3OSi/c1-3(9-8-2)4(5,6)7/h3H,9H2,1-2H3. The number of rotatable bonds is 2. The number of halogens is 3. The first kappa shape index (κ1) is 8.97. The van der Waals surface area contributed by atoms with E-state index in [1.54, 1.807) is 0 Å². The van der Waals surface area contributed by atoms with Gasteiger partial charge in [0.15, 0.2) is 9.76 Å². The molecule has 0 saturated heterocycles. The van der Waals surface area contributed by atoms with E-state index in [1.807, 2.05) is 0 Å². The van der Waals surface area contributed by atoms with E-state index in [9.17, 15) is 13.2 Å². The van der Waals surface area contributed by atoms with Gasteiger partial charge < -0.3 is 4.43 Å². The van der Waals surface area contributed by atoms with Crippen LogP contribution in [-0.4, -0.2) is 23.0 Å². The molecule has 0 saturated carbocycles. The number of hydrogen-bond donors (Lipinski definition) is 0. The average Bonchev–Trinajstić information content (AvgIpc) is 1.64. The maximum atomic E-state index is 11.6. The van der Waals surface area contributed by atoms with Crippen molar-refractivity contribution >= 4 is 9.76 Å². The predicted octanol–water partition coefficient (Wildman–Crippen LogP) is 1.09. The van der Waals surface area contributed by atoms with Crippen LogP contribution < -0.4 is 0 Å². The molecule has 5 heteroatoms. The van der Waals surface area contributed by atoms with Crippen LogP contribution in [0, 0.1) is 0 Å². The Morgan fingerprint density at radius 2 is 1.89 bits per heavy atom. The quantitative estimate of drug-likeness (QED) is 0.546. The Labute approximate surface area is 54.1 Å². The highest BCUT2D eigenvalue weighted by molar-refractivity contribution is 6.29. The molecule has 0 heterocycles. The van der Waals surface area contributed by atoms with E-state index in [-0.39, 0.29) is 0 Å². The lowest BCUT2D eigenvalue weighted by molar-refractivity contribution is -0.131. The van der Waals surface area contributed by atoms with E-state index >= 15 is 0 Å². The van der Waals surface area contributed by atoms with Gasteiger partial charge in [0.25, 0.3) is 0 Å². The molecule has 1 unspecified atom stereocenters. The molecule has 0 rings (SSSR count). The van der Waals surface area contributed by atoms with Gasteiger partial charge >= 0.3 is 6.18 Å². The molecule has 0 aromatic carbocycles. The van der Waals surface area contributed by atoms with Crippen molar-refractivity contribution in [1.29, 1.82) is 0 Å². The van der Waals surface area contributed by atoms with Gasteiger partial charge in [0.1, 0.15) is 0 Å². The third-order valence-corrected chi connectivity index (χ3v) is 2.27. The first-order chi connectivity index (χ1) is 3.98. The highest BCUT2D eigenvalue weighted by Crippen LogP contribution is 2.29. The zero-order valence-electron chi connectivity index (χ0n) is 5.33. The molecule has 0 aromatic rings. The first-order valence-corrected chi connectivity index (χ1v) is 3.93. The molecule has 0 aliphatic carbocycles. The average molecular weight is 158 g/mol. The Kier molecular flexibility index (Phi) is 3.20. The van der Waals surface area contributed by atoms with E-state index in [2.05, 4.69) is 4.43 Å². The molecule has 1 nitrogen and oxygen atoms in total. The maximum Gasteiger partial charge on any atom is 0.390 e. The molecule has 0 fully saturated rings. The summed E-state index contributed by atoms with van der Waals surface area (Å²) in [6.07, 6.45) is -4.05. The molecule has 9 heavy (non-hydrogen) atoms. The molecular formula is C4H9F3OSi. The summed E-state index contributed by atoms with van der Waals surface area (Å²) in [7, 11) is -0.0692. The molecule has 0 radical (unpaired) electrons. The van der Waals surface area contributed by atoms with Gasteiger partial charge in [-0.05, 0) is 0 Å². The van der Waals surface area contributed by atoms with Crippen molar-refractivity contribution in [2.45, 2.75) is 18.6 Å². The summed E-state index contributed by atoms with van der Waals surface area (Å²) < 4.78 is 39.2. The predicted molar refractivity (Wildman–Crippen MR) is 31.0 cm³/mol. The Morgan fingerprint density at radius 3 is 2.00 bits per heavy atom. The number of alkyl halides is 3. The van der Waals surface area contributed by atoms with Crippen LogP contribution in [0.1, 0.15) is 6.92 Å². The highest BCUT2D eigenvalue weighted by Gasteiger charge is 2.35. The van der Waals surface area contributed by atoms with Gasteiger partial charge in [-0.1, -0.05) is 6.92 Å². The van der Waals surface area contributed by atoms with Crippen molar-refractivity contribution in [2.24, 2.45) is 0 Å². The first-order valence-electron chi connectivity index (χ1n) is 2.54. The van der Waals surface area contributed by atoms with Crippen LogP contribution in [-0.2, 0) is 4.43 Å². The molecule has 0 amide bonds. The van der Waals surface area contributed by atoms with Crippen molar-refractivity contribution < 1.29 is 17.6 Å². The van der Waals surface area contributed by atoms with Gasteiger partial charge in [0.2, 0.25) is 0 Å². The van der Waals surface area contributed by atoms with Crippen molar-refractivity contribution in [3.63, 3.8) is 0 Å². The molecular weight excluding hydrogens is 149 g/mol. The molecule has 56 valence electrons. The summed E-state index contributed by atoms with van der Waals surface area (Å²) in [5, 5.41) is 0. The molecule has 0 aromatic heterocycles.